The highest BCUT2D eigenvalue weighted by molar-refractivity contribution is 6.32. The molecule has 1 aliphatic heterocycles. The van der Waals surface area contributed by atoms with Gasteiger partial charge in [-0.15, -0.1) is 0 Å². The van der Waals surface area contributed by atoms with Gasteiger partial charge in [-0.1, -0.05) is 17.7 Å². The van der Waals surface area contributed by atoms with Gasteiger partial charge in [-0.3, -0.25) is 9.78 Å². The van der Waals surface area contributed by atoms with E-state index in [1.54, 1.807) is 29.4 Å². The average molecular weight is 317 g/mol. The zero-order chi connectivity index (χ0) is 15.5. The topological polar surface area (TPSA) is 58.1 Å². The quantitative estimate of drug-likeness (QED) is 0.942. The molecule has 0 bridgehead atoms. The molecule has 2 aromatic rings. The Morgan fingerprint density at radius 1 is 1.36 bits per heavy atom. The SMILES string of the molecule is CN1C(=O)C[C@@H](CNc2ncccc2Cl)[C@@H]1c1cccnc1. The van der Waals surface area contributed by atoms with Gasteiger partial charge in [0.2, 0.25) is 5.91 Å². The fourth-order valence-electron chi connectivity index (χ4n) is 2.93. The minimum Gasteiger partial charge on any atom is -0.368 e. The number of carbonyl (C=O) groups excluding carboxylic acids is 1. The summed E-state index contributed by atoms with van der Waals surface area (Å²) in [5.74, 6) is 0.948. The Balaban J connectivity index is 1.77. The van der Waals surface area contributed by atoms with Crippen molar-refractivity contribution >= 4 is 23.3 Å². The number of hydrogen-bond acceptors (Lipinski definition) is 4. The summed E-state index contributed by atoms with van der Waals surface area (Å²) in [6.45, 7) is 0.631. The van der Waals surface area contributed by atoms with Crippen LogP contribution in [0.3, 0.4) is 0 Å². The number of likely N-dealkylation sites (tertiary alicyclic amines) is 1. The molecule has 1 N–H and O–H groups in total. The minimum atomic E-state index is 0.0242. The first-order chi connectivity index (χ1) is 10.7. The molecule has 114 valence electrons. The number of nitrogens with zero attached hydrogens (tertiary/aromatic N) is 3. The van der Waals surface area contributed by atoms with Gasteiger partial charge in [0.25, 0.3) is 0 Å². The Bertz CT molecular complexity index is 664. The summed E-state index contributed by atoms with van der Waals surface area (Å²) in [6, 6.07) is 7.51. The van der Waals surface area contributed by atoms with Gasteiger partial charge in [0.15, 0.2) is 0 Å². The van der Waals surface area contributed by atoms with Crippen molar-refractivity contribution in [3.8, 4) is 0 Å². The molecule has 1 aliphatic rings. The van der Waals surface area contributed by atoms with Gasteiger partial charge in [-0.05, 0) is 23.8 Å². The monoisotopic (exact) mass is 316 g/mol. The maximum Gasteiger partial charge on any atom is 0.223 e. The van der Waals surface area contributed by atoms with Crippen LogP contribution in [0.5, 0.6) is 0 Å². The number of pyridine rings is 2. The zero-order valence-electron chi connectivity index (χ0n) is 12.2. The Morgan fingerprint density at radius 2 is 2.18 bits per heavy atom. The molecule has 2 aromatic heterocycles. The van der Waals surface area contributed by atoms with E-state index in [4.69, 9.17) is 11.6 Å². The van der Waals surface area contributed by atoms with Crippen LogP contribution >= 0.6 is 11.6 Å². The van der Waals surface area contributed by atoms with Crippen molar-refractivity contribution < 1.29 is 4.79 Å². The number of carbonyl (C=O) groups is 1. The largest absolute Gasteiger partial charge is 0.368 e. The molecule has 0 aromatic carbocycles. The second-order valence-corrected chi connectivity index (χ2v) is 5.82. The first-order valence-corrected chi connectivity index (χ1v) is 7.54. The molecule has 0 spiro atoms. The summed E-state index contributed by atoms with van der Waals surface area (Å²) >= 11 is 6.11. The molecular formula is C16H17ClN4O. The lowest BCUT2D eigenvalue weighted by Crippen LogP contribution is -2.26. The number of aromatic nitrogens is 2. The summed E-state index contributed by atoms with van der Waals surface area (Å²) < 4.78 is 0. The van der Waals surface area contributed by atoms with Crippen LogP contribution in [0.1, 0.15) is 18.0 Å². The highest BCUT2D eigenvalue weighted by atomic mass is 35.5. The van der Waals surface area contributed by atoms with Gasteiger partial charge in [-0.25, -0.2) is 4.98 Å². The molecule has 6 heteroatoms. The van der Waals surface area contributed by atoms with E-state index < -0.39 is 0 Å². The second kappa shape index (κ2) is 6.32. The third-order valence-electron chi connectivity index (χ3n) is 4.01. The number of rotatable bonds is 4. The number of nitrogens with one attached hydrogen (secondary N) is 1. The van der Waals surface area contributed by atoms with E-state index in [2.05, 4.69) is 15.3 Å². The Labute approximate surface area is 134 Å². The Kier molecular flexibility index (Phi) is 4.24. The van der Waals surface area contributed by atoms with Crippen LogP contribution in [0.25, 0.3) is 0 Å². The van der Waals surface area contributed by atoms with E-state index in [1.165, 1.54) is 0 Å². The lowest BCUT2D eigenvalue weighted by Gasteiger charge is -2.25. The summed E-state index contributed by atoms with van der Waals surface area (Å²) in [5, 5.41) is 3.83. The molecule has 22 heavy (non-hydrogen) atoms. The molecule has 0 saturated carbocycles. The number of amides is 1. The van der Waals surface area contributed by atoms with E-state index in [0.29, 0.717) is 23.8 Å². The zero-order valence-corrected chi connectivity index (χ0v) is 13.0. The lowest BCUT2D eigenvalue weighted by atomic mass is 9.95. The van der Waals surface area contributed by atoms with Gasteiger partial charge >= 0.3 is 0 Å². The van der Waals surface area contributed by atoms with E-state index in [0.717, 1.165) is 5.56 Å². The molecule has 0 aliphatic carbocycles. The van der Waals surface area contributed by atoms with Gasteiger partial charge in [0.1, 0.15) is 5.82 Å². The maximum absolute atomic E-state index is 12.1. The third kappa shape index (κ3) is 2.90. The Morgan fingerprint density at radius 3 is 2.91 bits per heavy atom. The molecule has 5 nitrogen and oxygen atoms in total. The predicted octanol–water partition coefficient (Wildman–Crippen LogP) is 2.76. The number of anilines is 1. The molecule has 1 fully saturated rings. The summed E-state index contributed by atoms with van der Waals surface area (Å²) in [7, 11) is 1.84. The normalized spacial score (nSPS) is 21.2. The van der Waals surface area contributed by atoms with Crippen LogP contribution < -0.4 is 5.32 Å². The first-order valence-electron chi connectivity index (χ1n) is 7.17. The average Bonchev–Trinajstić information content (AvgIpc) is 2.82. The molecule has 1 amide bonds. The fourth-order valence-corrected chi connectivity index (χ4v) is 3.11. The molecule has 3 heterocycles. The molecular weight excluding hydrogens is 300 g/mol. The van der Waals surface area contributed by atoms with Crippen molar-refractivity contribution in [1.82, 2.24) is 14.9 Å². The fraction of sp³-hybridized carbons (Fsp3) is 0.312. The van der Waals surface area contributed by atoms with E-state index in [1.807, 2.05) is 25.4 Å². The van der Waals surface area contributed by atoms with Crippen LogP contribution in [0.2, 0.25) is 5.02 Å². The van der Waals surface area contributed by atoms with Crippen LogP contribution in [0.15, 0.2) is 42.9 Å². The van der Waals surface area contributed by atoms with E-state index >= 15 is 0 Å². The van der Waals surface area contributed by atoms with E-state index in [-0.39, 0.29) is 17.9 Å². The second-order valence-electron chi connectivity index (χ2n) is 5.41. The van der Waals surface area contributed by atoms with Crippen molar-refractivity contribution in [1.29, 1.82) is 0 Å². The number of halogens is 1. The predicted molar refractivity (Wildman–Crippen MR) is 85.6 cm³/mol. The van der Waals surface area contributed by atoms with Gasteiger partial charge in [-0.2, -0.15) is 0 Å². The minimum absolute atomic E-state index is 0.0242. The van der Waals surface area contributed by atoms with Crippen molar-refractivity contribution in [3.63, 3.8) is 0 Å². The summed E-state index contributed by atoms with van der Waals surface area (Å²) in [6.07, 6.45) is 5.76. The van der Waals surface area contributed by atoms with Crippen molar-refractivity contribution in [2.45, 2.75) is 12.5 Å². The van der Waals surface area contributed by atoms with Crippen LogP contribution in [-0.2, 0) is 4.79 Å². The van der Waals surface area contributed by atoms with Crippen LogP contribution in [-0.4, -0.2) is 34.4 Å². The van der Waals surface area contributed by atoms with Gasteiger partial charge in [0, 0.05) is 44.5 Å². The smallest absolute Gasteiger partial charge is 0.223 e. The molecule has 3 rings (SSSR count). The van der Waals surface area contributed by atoms with Crippen molar-refractivity contribution in [2.75, 3.05) is 18.9 Å². The van der Waals surface area contributed by atoms with Crippen molar-refractivity contribution in [2.24, 2.45) is 5.92 Å². The standard InChI is InChI=1S/C16H17ClN4O/c1-21-14(22)8-12(15(21)11-4-2-6-18-9-11)10-20-16-13(17)5-3-7-19-16/h2-7,9,12,15H,8,10H2,1H3,(H,19,20)/t12-,15-/m0/s1. The highest BCUT2D eigenvalue weighted by Crippen LogP contribution is 2.36. The van der Waals surface area contributed by atoms with Gasteiger partial charge in [0.05, 0.1) is 11.1 Å². The third-order valence-corrected chi connectivity index (χ3v) is 4.32. The number of hydrogen-bond donors (Lipinski definition) is 1. The highest BCUT2D eigenvalue weighted by Gasteiger charge is 2.38. The molecule has 1 saturated heterocycles. The molecule has 0 radical (unpaired) electrons. The van der Waals surface area contributed by atoms with Crippen LogP contribution in [0, 0.1) is 5.92 Å². The summed E-state index contributed by atoms with van der Waals surface area (Å²) in [5.41, 5.74) is 1.05. The Hall–Kier alpha value is -2.14. The first kappa shape index (κ1) is 14.8. The molecule has 2 atom stereocenters. The maximum atomic E-state index is 12.1. The molecule has 0 unspecified atom stereocenters. The summed E-state index contributed by atoms with van der Waals surface area (Å²) in [4.78, 5) is 22.3. The van der Waals surface area contributed by atoms with E-state index in [9.17, 15) is 4.79 Å². The van der Waals surface area contributed by atoms with Crippen LogP contribution in [0.4, 0.5) is 5.82 Å². The van der Waals surface area contributed by atoms with Crippen molar-refractivity contribution in [3.05, 3.63) is 53.4 Å². The van der Waals surface area contributed by atoms with Gasteiger partial charge < -0.3 is 10.2 Å². The lowest BCUT2D eigenvalue weighted by molar-refractivity contribution is -0.127.